The van der Waals surface area contributed by atoms with Gasteiger partial charge in [-0.25, -0.2) is 14.0 Å². The van der Waals surface area contributed by atoms with Crippen LogP contribution in [0.1, 0.15) is 5.01 Å². The highest BCUT2D eigenvalue weighted by Crippen LogP contribution is 2.41. The van der Waals surface area contributed by atoms with Gasteiger partial charge in [0.2, 0.25) is 0 Å². The van der Waals surface area contributed by atoms with Crippen LogP contribution in [-0.2, 0) is 9.59 Å². The standard InChI is InChI=1S/C18H16FN5O4S3/c1-8-22-23-18(31-8)30-7-9-6-29-15-12(14(25)24(15)13(9)16(26)27)21-17(28)20-11-4-2-10(19)3-5-11/h2-5,12,15H,6-7H2,1H3,(H,26,27)(H2,20,21,28)/t12?,15-/m1/s1. The summed E-state index contributed by atoms with van der Waals surface area (Å²) in [4.78, 5) is 38.0. The first-order chi connectivity index (χ1) is 14.8. The van der Waals surface area contributed by atoms with E-state index in [1.807, 2.05) is 6.92 Å². The Bertz CT molecular complexity index is 1070. The molecule has 9 nitrogen and oxygen atoms in total. The second kappa shape index (κ2) is 8.85. The lowest BCUT2D eigenvalue weighted by Crippen LogP contribution is -2.71. The number of urea groups is 1. The number of nitrogens with zero attached hydrogens (tertiary/aromatic N) is 3. The molecule has 1 unspecified atom stereocenters. The van der Waals surface area contributed by atoms with Gasteiger partial charge in [0.05, 0.1) is 0 Å². The van der Waals surface area contributed by atoms with Gasteiger partial charge >= 0.3 is 12.0 Å². The van der Waals surface area contributed by atoms with E-state index < -0.39 is 35.1 Å². The minimum Gasteiger partial charge on any atom is -0.477 e. The molecule has 2 aliphatic heterocycles. The van der Waals surface area contributed by atoms with Crippen molar-refractivity contribution in [3.05, 3.63) is 46.4 Å². The van der Waals surface area contributed by atoms with Crippen LogP contribution in [0.2, 0.25) is 0 Å². The molecule has 0 saturated carbocycles. The predicted octanol–water partition coefficient (Wildman–Crippen LogP) is 2.52. The molecule has 1 saturated heterocycles. The summed E-state index contributed by atoms with van der Waals surface area (Å²) in [6, 6.07) is 3.73. The van der Waals surface area contributed by atoms with E-state index in [2.05, 4.69) is 20.8 Å². The van der Waals surface area contributed by atoms with Gasteiger partial charge in [-0.1, -0.05) is 23.1 Å². The number of hydrogen-bond acceptors (Lipinski definition) is 8. The number of benzene rings is 1. The van der Waals surface area contributed by atoms with Gasteiger partial charge in [0.25, 0.3) is 5.91 Å². The number of nitrogens with one attached hydrogen (secondary N) is 2. The molecule has 162 valence electrons. The Morgan fingerprint density at radius 1 is 1.32 bits per heavy atom. The summed E-state index contributed by atoms with van der Waals surface area (Å²) >= 11 is 4.19. The van der Waals surface area contributed by atoms with E-state index in [9.17, 15) is 23.9 Å². The molecule has 0 aliphatic carbocycles. The number of carbonyl (C=O) groups is 3. The number of aromatic nitrogens is 2. The monoisotopic (exact) mass is 481 g/mol. The highest BCUT2D eigenvalue weighted by Gasteiger charge is 2.54. The lowest BCUT2D eigenvalue weighted by molar-refractivity contribution is -0.148. The first-order valence-electron chi connectivity index (χ1n) is 8.99. The van der Waals surface area contributed by atoms with Crippen molar-refractivity contribution in [1.82, 2.24) is 20.4 Å². The average Bonchev–Trinajstić information content (AvgIpc) is 3.16. The van der Waals surface area contributed by atoms with Crippen LogP contribution in [-0.4, -0.2) is 61.0 Å². The Morgan fingerprint density at radius 2 is 2.06 bits per heavy atom. The van der Waals surface area contributed by atoms with Crippen LogP contribution in [0, 0.1) is 12.7 Å². The molecule has 1 fully saturated rings. The molecule has 0 spiro atoms. The van der Waals surface area contributed by atoms with Crippen LogP contribution < -0.4 is 10.6 Å². The summed E-state index contributed by atoms with van der Waals surface area (Å²) in [7, 11) is 0. The second-order valence-corrected chi connectivity index (χ2v) is 10.1. The molecule has 31 heavy (non-hydrogen) atoms. The molecule has 3 amide bonds. The fourth-order valence-electron chi connectivity index (χ4n) is 3.12. The number of rotatable bonds is 6. The Hall–Kier alpha value is -2.64. The number of amides is 3. The van der Waals surface area contributed by atoms with Crippen molar-refractivity contribution < 1.29 is 23.9 Å². The van der Waals surface area contributed by atoms with E-state index in [1.165, 1.54) is 64.0 Å². The highest BCUT2D eigenvalue weighted by atomic mass is 32.2. The number of halogens is 1. The van der Waals surface area contributed by atoms with Crippen molar-refractivity contribution >= 4 is 58.5 Å². The molecule has 0 radical (unpaired) electrons. The van der Waals surface area contributed by atoms with Crippen molar-refractivity contribution in [3.8, 4) is 0 Å². The smallest absolute Gasteiger partial charge is 0.352 e. The molecular weight excluding hydrogens is 465 g/mol. The Balaban J connectivity index is 1.42. The highest BCUT2D eigenvalue weighted by molar-refractivity contribution is 8.01. The fraction of sp³-hybridized carbons (Fsp3) is 0.278. The SMILES string of the molecule is Cc1nnc(SCC2=C(C(=O)O)N3C(=O)C(NC(=O)Nc4ccc(F)cc4)[C@H]3SC2)s1. The number of hydrogen-bond donors (Lipinski definition) is 3. The molecule has 4 rings (SSSR count). The molecular formula is C18H16FN5O4S3. The molecule has 2 aromatic rings. The Morgan fingerprint density at radius 3 is 2.71 bits per heavy atom. The van der Waals surface area contributed by atoms with Gasteiger partial charge in [-0.2, -0.15) is 0 Å². The summed E-state index contributed by atoms with van der Waals surface area (Å²) < 4.78 is 13.7. The van der Waals surface area contributed by atoms with E-state index in [0.29, 0.717) is 22.8 Å². The number of anilines is 1. The molecule has 3 heterocycles. The van der Waals surface area contributed by atoms with E-state index >= 15 is 0 Å². The topological polar surface area (TPSA) is 125 Å². The molecule has 1 aromatic carbocycles. The number of carboxylic acid groups (broad SMARTS) is 1. The molecule has 0 bridgehead atoms. The van der Waals surface area contributed by atoms with Crippen LogP contribution >= 0.6 is 34.9 Å². The summed E-state index contributed by atoms with van der Waals surface area (Å²) in [6.45, 7) is 1.84. The summed E-state index contributed by atoms with van der Waals surface area (Å²) in [5, 5.41) is 23.1. The number of carboxylic acids is 1. The van der Waals surface area contributed by atoms with Crippen molar-refractivity contribution in [3.63, 3.8) is 0 Å². The maximum atomic E-state index is 13.0. The van der Waals surface area contributed by atoms with Crippen LogP contribution in [0.3, 0.4) is 0 Å². The van der Waals surface area contributed by atoms with Crippen LogP contribution in [0.4, 0.5) is 14.9 Å². The Kier molecular flexibility index (Phi) is 6.16. The number of β-lactam (4-membered cyclic amide) rings is 1. The van der Waals surface area contributed by atoms with Crippen LogP contribution in [0.15, 0.2) is 39.9 Å². The second-order valence-electron chi connectivity index (χ2n) is 6.63. The van der Waals surface area contributed by atoms with Crippen LogP contribution in [0.25, 0.3) is 0 Å². The largest absolute Gasteiger partial charge is 0.477 e. The lowest BCUT2D eigenvalue weighted by atomic mass is 10.0. The minimum absolute atomic E-state index is 0.0421. The van der Waals surface area contributed by atoms with Gasteiger partial charge in [0.1, 0.15) is 27.9 Å². The third-order valence-corrected chi connectivity index (χ3v) is 7.91. The number of fused-ring (bicyclic) bond motifs is 1. The number of thioether (sulfide) groups is 2. The predicted molar refractivity (Wildman–Crippen MR) is 115 cm³/mol. The van der Waals surface area contributed by atoms with Gasteiger partial charge in [0.15, 0.2) is 4.34 Å². The zero-order valence-corrected chi connectivity index (χ0v) is 18.4. The fourth-order valence-corrected chi connectivity index (χ4v) is 6.42. The maximum Gasteiger partial charge on any atom is 0.352 e. The van der Waals surface area contributed by atoms with Gasteiger partial charge < -0.3 is 15.7 Å². The van der Waals surface area contributed by atoms with Gasteiger partial charge in [-0.05, 0) is 36.8 Å². The van der Waals surface area contributed by atoms with Gasteiger partial charge in [0, 0.05) is 17.2 Å². The third kappa shape index (κ3) is 4.52. The summed E-state index contributed by atoms with van der Waals surface area (Å²) in [5.41, 5.74) is 0.949. The molecule has 2 atom stereocenters. The quantitative estimate of drug-likeness (QED) is 0.425. The molecule has 2 aliphatic rings. The number of aliphatic carboxylic acids is 1. The molecule has 3 N–H and O–H groups in total. The van der Waals surface area contributed by atoms with E-state index in [4.69, 9.17) is 0 Å². The van der Waals surface area contributed by atoms with Crippen LogP contribution in [0.5, 0.6) is 0 Å². The van der Waals surface area contributed by atoms with E-state index in [0.717, 1.165) is 9.35 Å². The minimum atomic E-state index is -1.18. The summed E-state index contributed by atoms with van der Waals surface area (Å²) in [6.07, 6.45) is 0. The first kappa shape index (κ1) is 21.6. The average molecular weight is 482 g/mol. The van der Waals surface area contributed by atoms with Crippen molar-refractivity contribution in [1.29, 1.82) is 0 Å². The Labute approximate surface area is 188 Å². The zero-order valence-electron chi connectivity index (χ0n) is 16.0. The van der Waals surface area contributed by atoms with Crippen molar-refractivity contribution in [2.24, 2.45) is 0 Å². The van der Waals surface area contributed by atoms with Gasteiger partial charge in [-0.3, -0.25) is 9.69 Å². The van der Waals surface area contributed by atoms with Crippen molar-refractivity contribution in [2.45, 2.75) is 22.7 Å². The van der Waals surface area contributed by atoms with E-state index in [1.54, 1.807) is 0 Å². The number of carbonyl (C=O) groups excluding carboxylic acids is 2. The lowest BCUT2D eigenvalue weighted by Gasteiger charge is -2.49. The van der Waals surface area contributed by atoms with E-state index in [-0.39, 0.29) is 5.70 Å². The van der Waals surface area contributed by atoms with Gasteiger partial charge in [-0.15, -0.1) is 22.0 Å². The first-order valence-corrected chi connectivity index (χ1v) is 11.8. The normalized spacial score (nSPS) is 20.2. The molecule has 13 heteroatoms. The molecule has 1 aromatic heterocycles. The van der Waals surface area contributed by atoms with Crippen molar-refractivity contribution in [2.75, 3.05) is 16.8 Å². The number of aryl methyl sites for hydroxylation is 1. The zero-order chi connectivity index (χ0) is 22.1. The summed E-state index contributed by atoms with van der Waals surface area (Å²) in [5.74, 6) is -1.31. The maximum absolute atomic E-state index is 13.0. The third-order valence-electron chi connectivity index (χ3n) is 4.52.